The van der Waals surface area contributed by atoms with E-state index in [-0.39, 0.29) is 16.6 Å². The third-order valence-corrected chi connectivity index (χ3v) is 10.5. The summed E-state index contributed by atoms with van der Waals surface area (Å²) in [6.45, 7) is 9.91. The number of rotatable bonds is 9. The zero-order valence-corrected chi connectivity index (χ0v) is 26.6. The molecule has 2 aliphatic rings. The molecule has 7 nitrogen and oxygen atoms in total. The van der Waals surface area contributed by atoms with Gasteiger partial charge in [0.15, 0.2) is 0 Å². The molecule has 0 unspecified atom stereocenters. The van der Waals surface area contributed by atoms with Gasteiger partial charge in [-0.1, -0.05) is 38.5 Å². The number of benzene rings is 2. The molecule has 226 valence electrons. The van der Waals surface area contributed by atoms with Crippen molar-refractivity contribution in [3.63, 3.8) is 0 Å². The molecule has 3 aromatic rings. The van der Waals surface area contributed by atoms with E-state index in [0.717, 1.165) is 48.6 Å². The van der Waals surface area contributed by atoms with Crippen LogP contribution in [-0.2, 0) is 21.9 Å². The van der Waals surface area contributed by atoms with Crippen LogP contribution in [0.15, 0.2) is 65.2 Å². The maximum atomic E-state index is 14.0. The van der Waals surface area contributed by atoms with Gasteiger partial charge in [-0.15, -0.1) is 0 Å². The minimum absolute atomic E-state index is 0.0491. The van der Waals surface area contributed by atoms with Gasteiger partial charge in [0.2, 0.25) is 10.0 Å². The Kier molecular flexibility index (Phi) is 8.51. The van der Waals surface area contributed by atoms with Crippen LogP contribution in [0.1, 0.15) is 50.4 Å². The van der Waals surface area contributed by atoms with E-state index >= 15 is 0 Å². The maximum Gasteiger partial charge on any atom is 0.243 e. The molecule has 9 heteroatoms. The number of aromatic nitrogens is 2. The van der Waals surface area contributed by atoms with Crippen LogP contribution < -0.4 is 0 Å². The summed E-state index contributed by atoms with van der Waals surface area (Å²) in [5.41, 5.74) is 4.84. The SMILES string of the molecule is CN(C)CCCN(C)C[C@]12Cc3cnn(-c4ccc(F)cc4)c3C=C1CCN(S(=O)(=O)c1ccc(C(C)(C)C)cc1)C2. The second kappa shape index (κ2) is 11.7. The molecule has 5 rings (SSSR count). The fourth-order valence-electron chi connectivity index (χ4n) is 6.36. The number of nitrogens with zero attached hydrogens (tertiary/aromatic N) is 5. The van der Waals surface area contributed by atoms with E-state index < -0.39 is 10.0 Å². The zero-order chi connectivity index (χ0) is 30.3. The highest BCUT2D eigenvalue weighted by molar-refractivity contribution is 7.89. The Balaban J connectivity index is 1.47. The topological polar surface area (TPSA) is 61.7 Å². The number of hydrogen-bond acceptors (Lipinski definition) is 5. The number of piperidine rings is 1. The van der Waals surface area contributed by atoms with Gasteiger partial charge in [0.25, 0.3) is 0 Å². The van der Waals surface area contributed by atoms with E-state index in [4.69, 9.17) is 0 Å². The van der Waals surface area contributed by atoms with Crippen LogP contribution in [0.2, 0.25) is 0 Å². The van der Waals surface area contributed by atoms with Crippen molar-refractivity contribution in [1.29, 1.82) is 0 Å². The monoisotopic (exact) mass is 593 g/mol. The van der Waals surface area contributed by atoms with Crippen LogP contribution in [0.4, 0.5) is 4.39 Å². The molecule has 1 aliphatic carbocycles. The number of hydrogen-bond donors (Lipinski definition) is 0. The third kappa shape index (κ3) is 6.25. The van der Waals surface area contributed by atoms with E-state index in [0.29, 0.717) is 30.8 Å². The highest BCUT2D eigenvalue weighted by Crippen LogP contribution is 2.46. The van der Waals surface area contributed by atoms with Gasteiger partial charge in [-0.25, -0.2) is 17.5 Å². The Hall–Kier alpha value is -2.85. The van der Waals surface area contributed by atoms with Gasteiger partial charge < -0.3 is 9.80 Å². The van der Waals surface area contributed by atoms with Crippen molar-refractivity contribution in [3.05, 3.63) is 82.9 Å². The van der Waals surface area contributed by atoms with Crippen LogP contribution in [-0.4, -0.2) is 86.2 Å². The summed E-state index contributed by atoms with van der Waals surface area (Å²) in [7, 11) is 2.63. The molecule has 1 aliphatic heterocycles. The number of sulfonamides is 1. The smallest absolute Gasteiger partial charge is 0.243 e. The van der Waals surface area contributed by atoms with Crippen LogP contribution in [0.5, 0.6) is 0 Å². The average Bonchev–Trinajstić information content (AvgIpc) is 3.33. The standard InChI is InChI=1S/C33H44FN5O2S/c1-32(2,3)26-8-14-30(15-9-26)42(40,41)38-19-16-27-20-31-25(22-35-39(31)29-12-10-28(34)11-13-29)21-33(27,24-38)23-37(6)18-7-17-36(4)5/h8-15,20,22H,7,16-19,21,23-24H2,1-6H3/t33-/m0/s1. The quantitative estimate of drug-likeness (QED) is 0.341. The molecule has 1 atom stereocenters. The summed E-state index contributed by atoms with van der Waals surface area (Å²) in [6, 6.07) is 13.8. The Bertz CT molecular complexity index is 1540. The minimum atomic E-state index is -3.67. The molecule has 1 fully saturated rings. The molecule has 1 aromatic heterocycles. The first-order chi connectivity index (χ1) is 19.8. The van der Waals surface area contributed by atoms with E-state index in [2.05, 4.69) is 62.9 Å². The zero-order valence-electron chi connectivity index (χ0n) is 25.8. The Labute approximate surface area is 250 Å². The van der Waals surface area contributed by atoms with Crippen LogP contribution in [0.25, 0.3) is 11.8 Å². The third-order valence-electron chi connectivity index (χ3n) is 8.66. The fraction of sp³-hybridized carbons (Fsp3) is 0.485. The summed E-state index contributed by atoms with van der Waals surface area (Å²) < 4.78 is 45.2. The first kappa shape index (κ1) is 30.6. The Morgan fingerprint density at radius 2 is 1.69 bits per heavy atom. The Morgan fingerprint density at radius 1 is 1.00 bits per heavy atom. The summed E-state index contributed by atoms with van der Waals surface area (Å²) in [4.78, 5) is 4.88. The molecule has 0 N–H and O–H groups in total. The molecular weight excluding hydrogens is 549 g/mol. The van der Waals surface area contributed by atoms with Crippen molar-refractivity contribution < 1.29 is 12.8 Å². The molecule has 2 heterocycles. The van der Waals surface area contributed by atoms with Crippen molar-refractivity contribution in [2.75, 3.05) is 53.9 Å². The molecule has 0 bridgehead atoms. The van der Waals surface area contributed by atoms with Crippen molar-refractivity contribution in [2.45, 2.75) is 50.3 Å². The number of fused-ring (bicyclic) bond motifs is 2. The highest BCUT2D eigenvalue weighted by atomic mass is 32.2. The molecule has 0 amide bonds. The second-order valence-corrected chi connectivity index (χ2v) is 15.3. The van der Waals surface area contributed by atoms with Gasteiger partial charge in [-0.2, -0.15) is 9.40 Å². The predicted molar refractivity (Wildman–Crippen MR) is 167 cm³/mol. The van der Waals surface area contributed by atoms with Gasteiger partial charge in [-0.3, -0.25) is 0 Å². The lowest BCUT2D eigenvalue weighted by Gasteiger charge is -2.47. The number of halogens is 1. The van der Waals surface area contributed by atoms with Gasteiger partial charge in [0, 0.05) is 25.0 Å². The molecular formula is C33H44FN5O2S. The molecule has 0 saturated carbocycles. The summed E-state index contributed by atoms with van der Waals surface area (Å²) in [5.74, 6) is -0.281. The van der Waals surface area contributed by atoms with Crippen molar-refractivity contribution in [1.82, 2.24) is 23.9 Å². The van der Waals surface area contributed by atoms with Crippen LogP contribution in [0.3, 0.4) is 0 Å². The summed E-state index contributed by atoms with van der Waals surface area (Å²) >= 11 is 0. The lowest BCUT2D eigenvalue weighted by molar-refractivity contribution is 0.143. The first-order valence-corrected chi connectivity index (χ1v) is 16.2. The second-order valence-electron chi connectivity index (χ2n) is 13.3. The van der Waals surface area contributed by atoms with Gasteiger partial charge in [0.1, 0.15) is 5.82 Å². The minimum Gasteiger partial charge on any atom is -0.309 e. The lowest BCUT2D eigenvalue weighted by Crippen LogP contribution is -2.53. The first-order valence-electron chi connectivity index (χ1n) is 14.8. The average molecular weight is 594 g/mol. The van der Waals surface area contributed by atoms with Gasteiger partial charge >= 0.3 is 0 Å². The van der Waals surface area contributed by atoms with E-state index in [1.54, 1.807) is 28.6 Å². The van der Waals surface area contributed by atoms with Gasteiger partial charge in [0.05, 0.1) is 22.5 Å². The van der Waals surface area contributed by atoms with Crippen molar-refractivity contribution in [3.8, 4) is 5.69 Å². The highest BCUT2D eigenvalue weighted by Gasteiger charge is 2.46. The molecule has 42 heavy (non-hydrogen) atoms. The molecule has 0 spiro atoms. The normalized spacial score (nSPS) is 19.6. The van der Waals surface area contributed by atoms with Gasteiger partial charge in [-0.05, 0) is 113 Å². The summed E-state index contributed by atoms with van der Waals surface area (Å²) in [5, 5.41) is 4.68. The largest absolute Gasteiger partial charge is 0.309 e. The Morgan fingerprint density at radius 3 is 2.33 bits per heavy atom. The molecule has 2 aromatic carbocycles. The molecule has 1 saturated heterocycles. The van der Waals surface area contributed by atoms with Crippen molar-refractivity contribution in [2.24, 2.45) is 5.41 Å². The predicted octanol–water partition coefficient (Wildman–Crippen LogP) is 5.21. The van der Waals surface area contributed by atoms with E-state index in [9.17, 15) is 12.8 Å². The van der Waals surface area contributed by atoms with E-state index in [1.165, 1.54) is 17.7 Å². The van der Waals surface area contributed by atoms with Crippen LogP contribution >= 0.6 is 0 Å². The lowest BCUT2D eigenvalue weighted by atomic mass is 9.68. The maximum absolute atomic E-state index is 14.0. The summed E-state index contributed by atoms with van der Waals surface area (Å²) in [6.07, 6.45) is 6.49. The fourth-order valence-corrected chi connectivity index (χ4v) is 7.89. The van der Waals surface area contributed by atoms with Crippen LogP contribution in [0, 0.1) is 11.2 Å². The van der Waals surface area contributed by atoms with Crippen molar-refractivity contribution >= 4 is 16.1 Å². The van der Waals surface area contributed by atoms with E-state index in [1.807, 2.05) is 23.0 Å². The molecule has 0 radical (unpaired) electrons.